The molecule has 1 saturated carbocycles. The van der Waals surface area contributed by atoms with Gasteiger partial charge in [0, 0.05) is 82.8 Å². The number of nitriles is 1. The molecule has 2 saturated heterocycles. The lowest BCUT2D eigenvalue weighted by atomic mass is 9.98. The van der Waals surface area contributed by atoms with Gasteiger partial charge in [0.2, 0.25) is 5.95 Å². The summed E-state index contributed by atoms with van der Waals surface area (Å²) in [6.07, 6.45) is 12.9. The predicted molar refractivity (Wildman–Crippen MR) is 198 cm³/mol. The normalized spacial score (nSPS) is 17.6. The SMILES string of the molecule is COc1cc(N2CCC(N3CCN(C)CC3)CC2)c(CC2CC2)cc1Nc1ncc(C#N)c(Nc2ccc3nccnc3c2N(C)SC)n1. The number of anilines is 6. The molecule has 2 N–H and O–H groups in total. The number of benzene rings is 2. The Hall–Kier alpha value is -4.38. The first-order valence-corrected chi connectivity index (χ1v) is 18.3. The average Bonchev–Trinajstić information content (AvgIpc) is 3.96. The van der Waals surface area contributed by atoms with Gasteiger partial charge >= 0.3 is 0 Å². The second-order valence-corrected chi connectivity index (χ2v) is 14.2. The van der Waals surface area contributed by atoms with Crippen LogP contribution in [0.3, 0.4) is 0 Å². The fraction of sp³-hybridized carbons (Fsp3) is 0.472. The summed E-state index contributed by atoms with van der Waals surface area (Å²) in [6.45, 7) is 6.76. The Kier molecular flexibility index (Phi) is 9.89. The molecule has 4 aromatic rings. The molecule has 7 rings (SSSR count). The summed E-state index contributed by atoms with van der Waals surface area (Å²) in [5, 5.41) is 16.8. The van der Waals surface area contributed by atoms with E-state index < -0.39 is 0 Å². The highest BCUT2D eigenvalue weighted by molar-refractivity contribution is 7.99. The number of nitrogens with one attached hydrogen (secondary N) is 2. The highest BCUT2D eigenvalue weighted by Gasteiger charge is 2.30. The van der Waals surface area contributed by atoms with Crippen LogP contribution in [0.1, 0.15) is 36.8 Å². The lowest BCUT2D eigenvalue weighted by Gasteiger charge is -2.43. The smallest absolute Gasteiger partial charge is 0.229 e. The minimum Gasteiger partial charge on any atom is -0.494 e. The van der Waals surface area contributed by atoms with Crippen molar-refractivity contribution in [3.8, 4) is 11.8 Å². The Morgan fingerprint density at radius 2 is 1.76 bits per heavy atom. The number of rotatable bonds is 11. The first-order valence-electron chi connectivity index (χ1n) is 17.1. The van der Waals surface area contributed by atoms with Crippen molar-refractivity contribution in [3.05, 3.63) is 54.0 Å². The molecule has 0 atom stereocenters. The minimum atomic E-state index is 0.333. The second-order valence-electron chi connectivity index (χ2n) is 13.3. The van der Waals surface area contributed by atoms with Gasteiger partial charge in [-0.3, -0.25) is 14.9 Å². The molecule has 0 unspecified atom stereocenters. The van der Waals surface area contributed by atoms with Crippen LogP contribution in [0.15, 0.2) is 42.9 Å². The number of methoxy groups -OCH3 is 1. The summed E-state index contributed by atoms with van der Waals surface area (Å²) in [4.78, 5) is 26.1. The molecule has 0 radical (unpaired) electrons. The number of nitrogens with zero attached hydrogens (tertiary/aromatic N) is 9. The highest BCUT2D eigenvalue weighted by atomic mass is 32.2. The fourth-order valence-electron chi connectivity index (χ4n) is 7.03. The molecule has 2 aromatic carbocycles. The maximum absolute atomic E-state index is 9.98. The molecule has 0 spiro atoms. The molecule has 12 nitrogen and oxygen atoms in total. The number of likely N-dealkylation sites (N-methyl/N-ethyl adjacent to an activating group) is 1. The largest absolute Gasteiger partial charge is 0.494 e. The standard InChI is InChI=1S/C36H45N11OS/c1-44-15-17-46(18-16-44)27-9-13-47(14-10-27)31-21-32(48-3)30(20-25(31)19-24-5-6-24)42-36-40-23-26(22-37)35(43-36)41-29-8-7-28-33(39-12-11-38-28)34(29)45(2)49-4/h7-8,11-12,20-21,23-24,27H,5-6,9-10,13-19H2,1-4H3,(H2,40,41,42,43). The van der Waals surface area contributed by atoms with Crippen LogP contribution in [0.5, 0.6) is 5.75 Å². The van der Waals surface area contributed by atoms with E-state index in [-0.39, 0.29) is 0 Å². The Labute approximate surface area is 293 Å². The van der Waals surface area contributed by atoms with Gasteiger partial charge in [-0.05, 0) is 68.8 Å². The lowest BCUT2D eigenvalue weighted by Crippen LogP contribution is -2.52. The molecular weight excluding hydrogens is 635 g/mol. The Bertz CT molecular complexity index is 1830. The molecule has 13 heteroatoms. The maximum atomic E-state index is 9.98. The van der Waals surface area contributed by atoms with Crippen molar-refractivity contribution in [2.24, 2.45) is 5.92 Å². The van der Waals surface area contributed by atoms with E-state index in [0.717, 1.165) is 72.4 Å². The number of hydrogen-bond acceptors (Lipinski definition) is 13. The number of piperazine rings is 1. The van der Waals surface area contributed by atoms with E-state index in [1.54, 1.807) is 37.6 Å². The monoisotopic (exact) mass is 679 g/mol. The van der Waals surface area contributed by atoms with Crippen LogP contribution < -0.4 is 24.6 Å². The number of aromatic nitrogens is 4. The van der Waals surface area contributed by atoms with Crippen molar-refractivity contribution in [3.63, 3.8) is 0 Å². The van der Waals surface area contributed by atoms with Crippen molar-refractivity contribution in [2.45, 2.75) is 38.1 Å². The molecule has 3 fully saturated rings. The molecule has 2 aliphatic heterocycles. The third kappa shape index (κ3) is 7.32. The molecule has 256 valence electrons. The fourth-order valence-corrected chi connectivity index (χ4v) is 7.40. The Balaban J connectivity index is 1.15. The Morgan fingerprint density at radius 1 is 0.980 bits per heavy atom. The summed E-state index contributed by atoms with van der Waals surface area (Å²) in [7, 11) is 5.91. The van der Waals surface area contributed by atoms with Gasteiger partial charge in [0.05, 0.1) is 35.9 Å². The zero-order chi connectivity index (χ0) is 33.9. The number of fused-ring (bicyclic) bond motifs is 1. The summed E-state index contributed by atoms with van der Waals surface area (Å²) in [6, 6.07) is 11.2. The Morgan fingerprint density at radius 3 is 2.47 bits per heavy atom. The summed E-state index contributed by atoms with van der Waals surface area (Å²) < 4.78 is 7.99. The third-order valence-corrected chi connectivity index (χ3v) is 10.8. The molecule has 4 heterocycles. The topological polar surface area (TPSA) is 122 Å². The first kappa shape index (κ1) is 33.1. The number of piperidine rings is 1. The van der Waals surface area contributed by atoms with Crippen molar-refractivity contribution >= 4 is 57.5 Å². The molecule has 2 aromatic heterocycles. The van der Waals surface area contributed by atoms with Crippen LogP contribution in [0.2, 0.25) is 0 Å². The average molecular weight is 680 g/mol. The van der Waals surface area contributed by atoms with Crippen molar-refractivity contribution in [1.29, 1.82) is 5.26 Å². The minimum absolute atomic E-state index is 0.333. The molecular formula is C36H45N11OS. The zero-order valence-electron chi connectivity index (χ0n) is 28.8. The van der Waals surface area contributed by atoms with Gasteiger partial charge in [0.1, 0.15) is 22.9 Å². The van der Waals surface area contributed by atoms with Crippen LogP contribution in [-0.2, 0) is 6.42 Å². The van der Waals surface area contributed by atoms with Crippen molar-refractivity contribution in [2.75, 3.05) is 86.6 Å². The number of ether oxygens (including phenoxy) is 1. The quantitative estimate of drug-likeness (QED) is 0.190. The van der Waals surface area contributed by atoms with Gasteiger partial charge in [-0.2, -0.15) is 10.2 Å². The van der Waals surface area contributed by atoms with Crippen LogP contribution in [0, 0.1) is 17.2 Å². The van der Waals surface area contributed by atoms with Gasteiger partial charge in [-0.15, -0.1) is 0 Å². The molecule has 0 bridgehead atoms. The third-order valence-electron chi connectivity index (χ3n) is 10.1. The molecule has 0 amide bonds. The van der Waals surface area contributed by atoms with E-state index in [1.807, 2.05) is 29.7 Å². The van der Waals surface area contributed by atoms with Gasteiger partial charge in [0.25, 0.3) is 0 Å². The zero-order valence-corrected chi connectivity index (χ0v) is 29.6. The predicted octanol–water partition coefficient (Wildman–Crippen LogP) is 5.67. The van der Waals surface area contributed by atoms with Gasteiger partial charge in [-0.25, -0.2) is 4.98 Å². The van der Waals surface area contributed by atoms with E-state index in [4.69, 9.17) is 9.72 Å². The van der Waals surface area contributed by atoms with Gasteiger partial charge < -0.3 is 29.5 Å². The van der Waals surface area contributed by atoms with Crippen LogP contribution in [0.4, 0.5) is 34.5 Å². The van der Waals surface area contributed by atoms with Crippen molar-refractivity contribution in [1.82, 2.24) is 29.7 Å². The lowest BCUT2D eigenvalue weighted by molar-refractivity contribution is 0.0982. The first-order chi connectivity index (χ1) is 23.9. The summed E-state index contributed by atoms with van der Waals surface area (Å²) >= 11 is 1.56. The molecule has 3 aliphatic rings. The van der Waals surface area contributed by atoms with Crippen LogP contribution in [-0.4, -0.2) is 103 Å². The second kappa shape index (κ2) is 14.6. The summed E-state index contributed by atoms with van der Waals surface area (Å²) in [5.41, 5.74) is 6.91. The molecule has 1 aliphatic carbocycles. The van der Waals surface area contributed by atoms with E-state index in [1.165, 1.54) is 50.0 Å². The van der Waals surface area contributed by atoms with Gasteiger partial charge in [-0.1, -0.05) is 11.9 Å². The number of hydrogen-bond donors (Lipinski definition) is 2. The highest BCUT2D eigenvalue weighted by Crippen LogP contribution is 2.42. The molecule has 49 heavy (non-hydrogen) atoms. The van der Waals surface area contributed by atoms with Crippen LogP contribution >= 0.6 is 11.9 Å². The van der Waals surface area contributed by atoms with Crippen LogP contribution in [0.25, 0.3) is 11.0 Å². The van der Waals surface area contributed by atoms with Crippen molar-refractivity contribution < 1.29 is 4.74 Å². The van der Waals surface area contributed by atoms with E-state index in [9.17, 15) is 5.26 Å². The van der Waals surface area contributed by atoms with Gasteiger partial charge in [0.15, 0.2) is 5.82 Å². The summed E-state index contributed by atoms with van der Waals surface area (Å²) in [5.74, 6) is 2.24. The van der Waals surface area contributed by atoms with E-state index >= 15 is 0 Å². The maximum Gasteiger partial charge on any atom is 0.229 e. The van der Waals surface area contributed by atoms with E-state index in [0.29, 0.717) is 23.4 Å². The van der Waals surface area contributed by atoms with E-state index in [2.05, 4.69) is 65.5 Å².